The largest absolute Gasteiger partial charge is 0.361 e. The number of hydrogen-bond donors (Lipinski definition) is 2. The Morgan fingerprint density at radius 3 is 2.71 bits per heavy atom. The lowest BCUT2D eigenvalue weighted by Crippen LogP contribution is -2.35. The molecule has 1 rings (SSSR count). The molecular weight excluding hydrogens is 218 g/mol. The second kappa shape index (κ2) is 6.39. The zero-order valence-corrected chi connectivity index (χ0v) is 11.0. The van der Waals surface area contributed by atoms with E-state index >= 15 is 0 Å². The maximum absolute atomic E-state index is 11.5. The first kappa shape index (κ1) is 13.7. The fraction of sp³-hybridized carbons (Fsp3) is 0.667. The maximum atomic E-state index is 11.5. The van der Waals surface area contributed by atoms with Crippen LogP contribution in [0.15, 0.2) is 4.52 Å². The molecule has 0 aliphatic carbocycles. The number of carbonyl (C=O) groups is 1. The minimum Gasteiger partial charge on any atom is -0.361 e. The third kappa shape index (κ3) is 4.19. The second-order valence-electron chi connectivity index (χ2n) is 4.33. The van der Waals surface area contributed by atoms with Crippen molar-refractivity contribution >= 4 is 5.91 Å². The van der Waals surface area contributed by atoms with E-state index in [1.807, 2.05) is 27.8 Å². The number of nitrogens with zero attached hydrogens (tertiary/aromatic N) is 1. The lowest BCUT2D eigenvalue weighted by Gasteiger charge is -2.13. The van der Waals surface area contributed by atoms with E-state index in [1.54, 1.807) is 0 Å². The molecule has 1 aromatic heterocycles. The monoisotopic (exact) mass is 239 g/mol. The highest BCUT2D eigenvalue weighted by Gasteiger charge is 2.14. The van der Waals surface area contributed by atoms with Crippen molar-refractivity contribution in [3.8, 4) is 0 Å². The molecule has 2 N–H and O–H groups in total. The molecule has 0 radical (unpaired) electrons. The Morgan fingerprint density at radius 1 is 1.47 bits per heavy atom. The Hall–Kier alpha value is -1.36. The number of rotatable bonds is 6. The van der Waals surface area contributed by atoms with Crippen molar-refractivity contribution < 1.29 is 9.32 Å². The standard InChI is InChI=1S/C12H21N3O2/c1-8(14-12(16)5-6-13-4)7-11-9(2)15-17-10(11)3/h8,13H,5-7H2,1-4H3,(H,14,16). The normalized spacial score (nSPS) is 12.5. The first-order valence-electron chi connectivity index (χ1n) is 5.90. The quantitative estimate of drug-likeness (QED) is 0.775. The predicted molar refractivity (Wildman–Crippen MR) is 65.8 cm³/mol. The van der Waals surface area contributed by atoms with Gasteiger partial charge in [0.2, 0.25) is 5.91 Å². The van der Waals surface area contributed by atoms with Crippen LogP contribution in [0, 0.1) is 13.8 Å². The zero-order chi connectivity index (χ0) is 12.8. The van der Waals surface area contributed by atoms with Crippen molar-refractivity contribution in [2.75, 3.05) is 13.6 Å². The molecule has 5 heteroatoms. The van der Waals surface area contributed by atoms with Gasteiger partial charge in [-0.1, -0.05) is 5.16 Å². The number of hydrogen-bond acceptors (Lipinski definition) is 4. The van der Waals surface area contributed by atoms with Crippen LogP contribution in [0.5, 0.6) is 0 Å². The molecule has 1 aromatic rings. The van der Waals surface area contributed by atoms with Crippen molar-refractivity contribution in [3.63, 3.8) is 0 Å². The molecule has 5 nitrogen and oxygen atoms in total. The predicted octanol–water partition coefficient (Wildman–Crippen LogP) is 0.948. The Morgan fingerprint density at radius 2 is 2.18 bits per heavy atom. The van der Waals surface area contributed by atoms with Crippen molar-refractivity contribution in [1.29, 1.82) is 0 Å². The molecule has 0 saturated heterocycles. The van der Waals surface area contributed by atoms with E-state index in [2.05, 4.69) is 15.8 Å². The average molecular weight is 239 g/mol. The SMILES string of the molecule is CNCCC(=O)NC(C)Cc1c(C)noc1C. The summed E-state index contributed by atoms with van der Waals surface area (Å²) in [5.74, 6) is 0.900. The number of amides is 1. The lowest BCUT2D eigenvalue weighted by atomic mass is 10.1. The Balaban J connectivity index is 2.44. The maximum Gasteiger partial charge on any atom is 0.221 e. The third-order valence-corrected chi connectivity index (χ3v) is 2.70. The van der Waals surface area contributed by atoms with Gasteiger partial charge >= 0.3 is 0 Å². The molecule has 0 aliphatic heterocycles. The lowest BCUT2D eigenvalue weighted by molar-refractivity contribution is -0.121. The van der Waals surface area contributed by atoms with Gasteiger partial charge in [0, 0.05) is 24.6 Å². The third-order valence-electron chi connectivity index (χ3n) is 2.70. The second-order valence-corrected chi connectivity index (χ2v) is 4.33. The van der Waals surface area contributed by atoms with Crippen LogP contribution in [-0.2, 0) is 11.2 Å². The van der Waals surface area contributed by atoms with Crippen LogP contribution >= 0.6 is 0 Å². The summed E-state index contributed by atoms with van der Waals surface area (Å²) in [5.41, 5.74) is 1.99. The van der Waals surface area contributed by atoms with E-state index in [9.17, 15) is 4.79 Å². The van der Waals surface area contributed by atoms with Gasteiger partial charge in [-0.3, -0.25) is 4.79 Å². The van der Waals surface area contributed by atoms with E-state index in [-0.39, 0.29) is 11.9 Å². The van der Waals surface area contributed by atoms with Gasteiger partial charge < -0.3 is 15.2 Å². The van der Waals surface area contributed by atoms with Crippen molar-refractivity contribution in [2.45, 2.75) is 39.7 Å². The highest BCUT2D eigenvalue weighted by Crippen LogP contribution is 2.14. The topological polar surface area (TPSA) is 67.2 Å². The number of nitrogens with one attached hydrogen (secondary N) is 2. The fourth-order valence-electron chi connectivity index (χ4n) is 1.74. The Kier molecular flexibility index (Phi) is 5.15. The van der Waals surface area contributed by atoms with Gasteiger partial charge in [0.15, 0.2) is 0 Å². The van der Waals surface area contributed by atoms with Gasteiger partial charge in [0.25, 0.3) is 0 Å². The van der Waals surface area contributed by atoms with E-state index in [4.69, 9.17) is 4.52 Å². The minimum atomic E-state index is 0.0682. The number of aryl methyl sites for hydroxylation is 2. The summed E-state index contributed by atoms with van der Waals surface area (Å²) in [7, 11) is 1.83. The summed E-state index contributed by atoms with van der Waals surface area (Å²) >= 11 is 0. The van der Waals surface area contributed by atoms with Gasteiger partial charge in [0.05, 0.1) is 5.69 Å². The molecule has 96 valence electrons. The molecule has 1 unspecified atom stereocenters. The zero-order valence-electron chi connectivity index (χ0n) is 11.0. The molecule has 0 saturated carbocycles. The van der Waals surface area contributed by atoms with Gasteiger partial charge in [-0.05, 0) is 34.2 Å². The Bertz CT molecular complexity index is 354. The highest BCUT2D eigenvalue weighted by molar-refractivity contribution is 5.76. The van der Waals surface area contributed by atoms with E-state index in [0.29, 0.717) is 13.0 Å². The number of carbonyl (C=O) groups excluding carboxylic acids is 1. The van der Waals surface area contributed by atoms with Crippen LogP contribution in [0.4, 0.5) is 0 Å². The molecule has 0 spiro atoms. The van der Waals surface area contributed by atoms with Crippen molar-refractivity contribution in [1.82, 2.24) is 15.8 Å². The van der Waals surface area contributed by atoms with Crippen LogP contribution in [0.2, 0.25) is 0 Å². The van der Waals surface area contributed by atoms with Crippen molar-refractivity contribution in [2.24, 2.45) is 0 Å². The fourth-order valence-corrected chi connectivity index (χ4v) is 1.74. The summed E-state index contributed by atoms with van der Waals surface area (Å²) in [6.45, 7) is 6.50. The average Bonchev–Trinajstić information content (AvgIpc) is 2.58. The summed E-state index contributed by atoms with van der Waals surface area (Å²) < 4.78 is 5.09. The van der Waals surface area contributed by atoms with E-state index in [0.717, 1.165) is 23.4 Å². The van der Waals surface area contributed by atoms with Crippen LogP contribution in [0.3, 0.4) is 0 Å². The highest BCUT2D eigenvalue weighted by atomic mass is 16.5. The molecule has 1 amide bonds. The molecule has 0 fully saturated rings. The van der Waals surface area contributed by atoms with Crippen LogP contribution < -0.4 is 10.6 Å². The summed E-state index contributed by atoms with van der Waals surface area (Å²) in [6.07, 6.45) is 1.26. The molecule has 0 bridgehead atoms. The van der Waals surface area contributed by atoms with Crippen molar-refractivity contribution in [3.05, 3.63) is 17.0 Å². The summed E-state index contributed by atoms with van der Waals surface area (Å²) in [6, 6.07) is 0.0937. The van der Waals surface area contributed by atoms with Gasteiger partial charge in [0.1, 0.15) is 5.76 Å². The molecule has 0 aliphatic rings. The molecule has 0 aromatic carbocycles. The Labute approximate surface area is 102 Å². The minimum absolute atomic E-state index is 0.0682. The van der Waals surface area contributed by atoms with Crippen LogP contribution in [0.25, 0.3) is 0 Å². The number of aromatic nitrogens is 1. The molecular formula is C12H21N3O2. The van der Waals surface area contributed by atoms with Crippen LogP contribution in [0.1, 0.15) is 30.4 Å². The summed E-state index contributed by atoms with van der Waals surface area (Å²) in [4.78, 5) is 11.5. The molecule has 17 heavy (non-hydrogen) atoms. The van der Waals surface area contributed by atoms with Gasteiger partial charge in [-0.15, -0.1) is 0 Å². The molecule has 1 atom stereocenters. The summed E-state index contributed by atoms with van der Waals surface area (Å²) in [5, 5.41) is 9.81. The van der Waals surface area contributed by atoms with Gasteiger partial charge in [-0.25, -0.2) is 0 Å². The smallest absolute Gasteiger partial charge is 0.221 e. The van der Waals surface area contributed by atoms with Crippen LogP contribution in [-0.4, -0.2) is 30.7 Å². The van der Waals surface area contributed by atoms with Gasteiger partial charge in [-0.2, -0.15) is 0 Å². The van der Waals surface area contributed by atoms with E-state index < -0.39 is 0 Å². The molecule has 1 heterocycles. The van der Waals surface area contributed by atoms with E-state index in [1.165, 1.54) is 0 Å². The first-order valence-corrected chi connectivity index (χ1v) is 5.90. The first-order chi connectivity index (χ1) is 8.04.